The van der Waals surface area contributed by atoms with E-state index in [1.54, 1.807) is 7.11 Å². The van der Waals surface area contributed by atoms with Gasteiger partial charge in [-0.05, 0) is 48.2 Å². The first-order chi connectivity index (χ1) is 14.0. The number of anilines is 1. The molecular formula is C23H28N2O4. The van der Waals surface area contributed by atoms with Crippen LogP contribution in [0.1, 0.15) is 31.7 Å². The van der Waals surface area contributed by atoms with E-state index in [2.05, 4.69) is 24.5 Å². The Morgan fingerprint density at radius 1 is 1.00 bits per heavy atom. The molecule has 2 unspecified atom stereocenters. The fraction of sp³-hybridized carbons (Fsp3) is 0.391. The number of ether oxygens (including phenoxy) is 2. The van der Waals surface area contributed by atoms with Crippen molar-refractivity contribution < 1.29 is 19.1 Å². The lowest BCUT2D eigenvalue weighted by Crippen LogP contribution is -2.31. The molecule has 0 saturated heterocycles. The second kappa shape index (κ2) is 9.45. The maximum absolute atomic E-state index is 12.5. The van der Waals surface area contributed by atoms with Gasteiger partial charge in [-0.25, -0.2) is 0 Å². The standard InChI is InChI=1S/C23H28N2O4/c1-15(2)18-6-4-5-7-21(18)25-23(27)20-14-19(20)22(26)24-12-13-29-17-10-8-16(28-3)9-11-17/h4-11,15,19-20H,12-14H2,1-3H3,(H,24,26)(H,25,27). The van der Waals surface area contributed by atoms with Crippen molar-refractivity contribution in [3.63, 3.8) is 0 Å². The number of carbonyl (C=O) groups is 2. The molecule has 2 atom stereocenters. The average Bonchev–Trinajstić information content (AvgIpc) is 3.53. The van der Waals surface area contributed by atoms with Crippen LogP contribution in [0.15, 0.2) is 48.5 Å². The predicted octanol–water partition coefficient (Wildman–Crippen LogP) is 3.59. The lowest BCUT2D eigenvalue weighted by Gasteiger charge is -2.13. The molecule has 3 rings (SSSR count). The van der Waals surface area contributed by atoms with Crippen molar-refractivity contribution in [3.05, 3.63) is 54.1 Å². The zero-order valence-electron chi connectivity index (χ0n) is 17.1. The maximum atomic E-state index is 12.5. The Morgan fingerprint density at radius 3 is 2.34 bits per heavy atom. The van der Waals surface area contributed by atoms with Crippen LogP contribution in [0.25, 0.3) is 0 Å². The van der Waals surface area contributed by atoms with Crippen LogP contribution in [0.3, 0.4) is 0 Å². The first-order valence-electron chi connectivity index (χ1n) is 9.94. The number of nitrogens with one attached hydrogen (secondary N) is 2. The van der Waals surface area contributed by atoms with Gasteiger partial charge in [-0.2, -0.15) is 0 Å². The number of carbonyl (C=O) groups excluding carboxylic acids is 2. The van der Waals surface area contributed by atoms with Crippen LogP contribution in [0.2, 0.25) is 0 Å². The van der Waals surface area contributed by atoms with E-state index in [-0.39, 0.29) is 23.7 Å². The predicted molar refractivity (Wildman–Crippen MR) is 112 cm³/mol. The van der Waals surface area contributed by atoms with Gasteiger partial charge in [0.2, 0.25) is 11.8 Å². The minimum Gasteiger partial charge on any atom is -0.497 e. The molecule has 0 aliphatic heterocycles. The minimum atomic E-state index is -0.266. The summed E-state index contributed by atoms with van der Waals surface area (Å²) in [5.74, 6) is 1.08. The van der Waals surface area contributed by atoms with Gasteiger partial charge in [0.1, 0.15) is 18.1 Å². The highest BCUT2D eigenvalue weighted by atomic mass is 16.5. The molecule has 2 amide bonds. The fourth-order valence-electron chi connectivity index (χ4n) is 3.26. The molecule has 0 bridgehead atoms. The third kappa shape index (κ3) is 5.50. The van der Waals surface area contributed by atoms with Crippen LogP contribution in [0.4, 0.5) is 5.69 Å². The number of hydrogen-bond acceptors (Lipinski definition) is 4. The van der Waals surface area contributed by atoms with Crippen molar-refractivity contribution in [3.8, 4) is 11.5 Å². The summed E-state index contributed by atoms with van der Waals surface area (Å²) >= 11 is 0. The number of hydrogen-bond donors (Lipinski definition) is 2. The molecule has 0 spiro atoms. The van der Waals surface area contributed by atoms with E-state index in [1.165, 1.54) is 0 Å². The van der Waals surface area contributed by atoms with E-state index in [1.807, 2.05) is 48.5 Å². The Kier molecular flexibility index (Phi) is 6.75. The number of amides is 2. The Bertz CT molecular complexity index is 848. The van der Waals surface area contributed by atoms with Crippen LogP contribution in [-0.2, 0) is 9.59 Å². The van der Waals surface area contributed by atoms with Crippen LogP contribution >= 0.6 is 0 Å². The molecule has 1 fully saturated rings. The van der Waals surface area contributed by atoms with Crippen molar-refractivity contribution in [1.29, 1.82) is 0 Å². The van der Waals surface area contributed by atoms with E-state index in [0.717, 1.165) is 17.0 Å². The largest absolute Gasteiger partial charge is 0.497 e. The second-order valence-electron chi connectivity index (χ2n) is 7.49. The van der Waals surface area contributed by atoms with Crippen LogP contribution in [0.5, 0.6) is 11.5 Å². The zero-order chi connectivity index (χ0) is 20.8. The van der Waals surface area contributed by atoms with Gasteiger partial charge in [-0.1, -0.05) is 32.0 Å². The number of benzene rings is 2. The minimum absolute atomic E-state index is 0.0901. The molecule has 2 aromatic rings. The molecule has 154 valence electrons. The number of methoxy groups -OCH3 is 1. The lowest BCUT2D eigenvalue weighted by atomic mass is 10.0. The summed E-state index contributed by atoms with van der Waals surface area (Å²) < 4.78 is 10.7. The fourth-order valence-corrected chi connectivity index (χ4v) is 3.26. The first kappa shape index (κ1) is 20.7. The van der Waals surface area contributed by atoms with Crippen molar-refractivity contribution in [2.45, 2.75) is 26.2 Å². The normalized spacial score (nSPS) is 17.5. The molecule has 1 aliphatic rings. The summed E-state index contributed by atoms with van der Waals surface area (Å²) in [6.45, 7) is 4.94. The topological polar surface area (TPSA) is 76.7 Å². The summed E-state index contributed by atoms with van der Waals surface area (Å²) in [5.41, 5.74) is 1.92. The molecule has 0 aromatic heterocycles. The molecule has 6 heteroatoms. The highest BCUT2D eigenvalue weighted by Crippen LogP contribution is 2.40. The Labute approximate surface area is 171 Å². The third-order valence-corrected chi connectivity index (χ3v) is 5.03. The first-order valence-corrected chi connectivity index (χ1v) is 9.94. The molecule has 6 nitrogen and oxygen atoms in total. The molecule has 2 N–H and O–H groups in total. The Morgan fingerprint density at radius 2 is 1.66 bits per heavy atom. The summed E-state index contributed by atoms with van der Waals surface area (Å²) in [7, 11) is 1.61. The Balaban J connectivity index is 1.40. The molecule has 29 heavy (non-hydrogen) atoms. The van der Waals surface area contributed by atoms with Crippen molar-refractivity contribution >= 4 is 17.5 Å². The summed E-state index contributed by atoms with van der Waals surface area (Å²) in [5, 5.41) is 5.83. The molecule has 1 saturated carbocycles. The highest BCUT2D eigenvalue weighted by Gasteiger charge is 2.48. The van der Waals surface area contributed by atoms with E-state index in [4.69, 9.17) is 9.47 Å². The Hall–Kier alpha value is -3.02. The smallest absolute Gasteiger partial charge is 0.228 e. The van der Waals surface area contributed by atoms with Crippen molar-refractivity contribution in [2.75, 3.05) is 25.6 Å². The SMILES string of the molecule is COc1ccc(OCCNC(=O)C2CC2C(=O)Nc2ccccc2C(C)C)cc1. The van der Waals surface area contributed by atoms with E-state index >= 15 is 0 Å². The quantitative estimate of drug-likeness (QED) is 0.635. The summed E-state index contributed by atoms with van der Waals surface area (Å²) in [6.07, 6.45) is 0.584. The maximum Gasteiger partial charge on any atom is 0.228 e. The van der Waals surface area contributed by atoms with E-state index in [9.17, 15) is 9.59 Å². The van der Waals surface area contributed by atoms with Crippen LogP contribution < -0.4 is 20.1 Å². The zero-order valence-corrected chi connectivity index (χ0v) is 17.1. The van der Waals surface area contributed by atoms with E-state index < -0.39 is 0 Å². The molecule has 1 aliphatic carbocycles. The van der Waals surface area contributed by atoms with Crippen molar-refractivity contribution in [1.82, 2.24) is 5.32 Å². The van der Waals surface area contributed by atoms with Gasteiger partial charge < -0.3 is 20.1 Å². The van der Waals surface area contributed by atoms with Gasteiger partial charge in [0.25, 0.3) is 0 Å². The average molecular weight is 396 g/mol. The number of para-hydroxylation sites is 1. The van der Waals surface area contributed by atoms with Gasteiger partial charge in [0, 0.05) is 5.69 Å². The van der Waals surface area contributed by atoms with Gasteiger partial charge in [0.05, 0.1) is 25.5 Å². The van der Waals surface area contributed by atoms with Crippen LogP contribution in [0, 0.1) is 11.8 Å². The molecular weight excluding hydrogens is 368 g/mol. The van der Waals surface area contributed by atoms with Crippen molar-refractivity contribution in [2.24, 2.45) is 11.8 Å². The van der Waals surface area contributed by atoms with E-state index in [0.29, 0.717) is 31.2 Å². The van der Waals surface area contributed by atoms with Gasteiger partial charge >= 0.3 is 0 Å². The monoisotopic (exact) mass is 396 g/mol. The third-order valence-electron chi connectivity index (χ3n) is 5.03. The summed E-state index contributed by atoms with van der Waals surface area (Å²) in [4.78, 5) is 24.8. The van der Waals surface area contributed by atoms with Crippen LogP contribution in [-0.4, -0.2) is 32.1 Å². The number of rotatable bonds is 9. The second-order valence-corrected chi connectivity index (χ2v) is 7.49. The van der Waals surface area contributed by atoms with Gasteiger partial charge in [-0.3, -0.25) is 9.59 Å². The molecule has 0 heterocycles. The van der Waals surface area contributed by atoms with Gasteiger partial charge in [-0.15, -0.1) is 0 Å². The molecule has 2 aromatic carbocycles. The van der Waals surface area contributed by atoms with Gasteiger partial charge in [0.15, 0.2) is 0 Å². The highest BCUT2D eigenvalue weighted by molar-refractivity contribution is 6.00. The molecule has 0 radical (unpaired) electrons. The lowest BCUT2D eigenvalue weighted by molar-refractivity contribution is -0.125. The summed E-state index contributed by atoms with van der Waals surface area (Å²) in [6, 6.07) is 15.1.